The van der Waals surface area contributed by atoms with E-state index in [1.54, 1.807) is 20.8 Å². The van der Waals surface area contributed by atoms with Crippen molar-refractivity contribution < 1.29 is 13.2 Å². The molecule has 0 aromatic rings. The zero-order valence-corrected chi connectivity index (χ0v) is 10.9. The Labute approximate surface area is 92.4 Å². The molecule has 0 bridgehead atoms. The van der Waals surface area contributed by atoms with E-state index in [4.69, 9.17) is 4.74 Å². The van der Waals surface area contributed by atoms with Crippen LogP contribution in [0.5, 0.6) is 0 Å². The third-order valence-electron chi connectivity index (χ3n) is 2.36. The van der Waals surface area contributed by atoms with E-state index in [2.05, 4.69) is 4.72 Å². The highest BCUT2D eigenvalue weighted by Gasteiger charge is 2.38. The highest BCUT2D eigenvalue weighted by atomic mass is 32.2. The van der Waals surface area contributed by atoms with Crippen LogP contribution in [0.3, 0.4) is 0 Å². The summed E-state index contributed by atoms with van der Waals surface area (Å²) in [4.78, 5) is 0. The van der Waals surface area contributed by atoms with Crippen molar-refractivity contribution in [3.63, 3.8) is 0 Å². The second-order valence-corrected chi connectivity index (χ2v) is 8.20. The second kappa shape index (κ2) is 3.71. The summed E-state index contributed by atoms with van der Waals surface area (Å²) < 4.78 is 30.9. The van der Waals surface area contributed by atoms with Gasteiger partial charge in [0.15, 0.2) is 0 Å². The quantitative estimate of drug-likeness (QED) is 0.747. The normalized spacial score (nSPS) is 22.9. The summed E-state index contributed by atoms with van der Waals surface area (Å²) in [5.41, 5.74) is -0.437. The lowest BCUT2D eigenvalue weighted by atomic mass is 10.0. The van der Waals surface area contributed by atoms with Crippen LogP contribution in [0.2, 0.25) is 0 Å². The molecule has 1 fully saturated rings. The summed E-state index contributed by atoms with van der Waals surface area (Å²) >= 11 is 0. The van der Waals surface area contributed by atoms with Crippen LogP contribution in [0.15, 0.2) is 0 Å². The molecule has 5 heteroatoms. The van der Waals surface area contributed by atoms with Gasteiger partial charge < -0.3 is 4.74 Å². The van der Waals surface area contributed by atoms with E-state index in [1.807, 2.05) is 13.8 Å². The molecular formula is C10H21NO3S. The number of sulfonamides is 1. The Kier molecular flexibility index (Phi) is 3.20. The van der Waals surface area contributed by atoms with Gasteiger partial charge in [-0.05, 0) is 41.0 Å². The molecule has 0 saturated carbocycles. The van der Waals surface area contributed by atoms with Gasteiger partial charge in [-0.15, -0.1) is 0 Å². The molecule has 0 aromatic carbocycles. The van der Waals surface area contributed by atoms with Crippen molar-refractivity contribution in [3.05, 3.63) is 0 Å². The smallest absolute Gasteiger partial charge is 0.217 e. The van der Waals surface area contributed by atoms with Gasteiger partial charge in [0, 0.05) is 5.54 Å². The standard InChI is InChI=1S/C10H21NO3S/c1-9(2,3)15(12,13)11-10(4,5)6-8-7-14-8/h8,11H,6-7H2,1-5H3. The largest absolute Gasteiger partial charge is 0.373 e. The molecule has 1 N–H and O–H groups in total. The number of hydrogen-bond acceptors (Lipinski definition) is 3. The van der Waals surface area contributed by atoms with Crippen LogP contribution in [0, 0.1) is 0 Å². The van der Waals surface area contributed by atoms with Crippen molar-refractivity contribution in [2.45, 2.75) is 57.4 Å². The lowest BCUT2D eigenvalue weighted by Crippen LogP contribution is -2.50. The molecule has 1 unspecified atom stereocenters. The highest BCUT2D eigenvalue weighted by Crippen LogP contribution is 2.25. The van der Waals surface area contributed by atoms with Crippen LogP contribution in [0.25, 0.3) is 0 Å². The fourth-order valence-electron chi connectivity index (χ4n) is 1.31. The molecule has 4 nitrogen and oxygen atoms in total. The van der Waals surface area contributed by atoms with Crippen molar-refractivity contribution >= 4 is 10.0 Å². The molecule has 0 aromatic heterocycles. The Hall–Kier alpha value is -0.130. The predicted molar refractivity (Wildman–Crippen MR) is 60.2 cm³/mol. The average molecular weight is 235 g/mol. The first-order chi connectivity index (χ1) is 6.54. The van der Waals surface area contributed by atoms with E-state index in [-0.39, 0.29) is 6.10 Å². The Morgan fingerprint density at radius 2 is 1.73 bits per heavy atom. The van der Waals surface area contributed by atoms with Gasteiger partial charge in [-0.1, -0.05) is 0 Å². The SMILES string of the molecule is CC(C)(CC1CO1)NS(=O)(=O)C(C)(C)C. The third kappa shape index (κ3) is 3.74. The fourth-order valence-corrected chi connectivity index (χ4v) is 2.43. The number of hydrogen-bond donors (Lipinski definition) is 1. The maximum atomic E-state index is 11.9. The number of nitrogens with one attached hydrogen (secondary N) is 1. The van der Waals surface area contributed by atoms with E-state index in [0.717, 1.165) is 13.0 Å². The lowest BCUT2D eigenvalue weighted by molar-refractivity contribution is 0.328. The Bertz CT molecular complexity index is 323. The molecular weight excluding hydrogens is 214 g/mol. The van der Waals surface area contributed by atoms with Crippen LogP contribution in [0.1, 0.15) is 41.0 Å². The zero-order valence-electron chi connectivity index (χ0n) is 10.1. The van der Waals surface area contributed by atoms with E-state index in [0.29, 0.717) is 0 Å². The lowest BCUT2D eigenvalue weighted by Gasteiger charge is -2.30. The maximum absolute atomic E-state index is 11.9. The minimum Gasteiger partial charge on any atom is -0.373 e. The molecule has 1 aliphatic rings. The monoisotopic (exact) mass is 235 g/mol. The summed E-state index contributed by atoms with van der Waals surface area (Å²) in [5, 5.41) is 0. The average Bonchev–Trinajstić information content (AvgIpc) is 2.64. The second-order valence-electron chi connectivity index (χ2n) is 5.76. The summed E-state index contributed by atoms with van der Waals surface area (Å²) in [5.74, 6) is 0. The maximum Gasteiger partial charge on any atom is 0.217 e. The van der Waals surface area contributed by atoms with Gasteiger partial charge in [0.05, 0.1) is 17.5 Å². The van der Waals surface area contributed by atoms with Gasteiger partial charge in [-0.25, -0.2) is 13.1 Å². The van der Waals surface area contributed by atoms with Gasteiger partial charge in [0.25, 0.3) is 0 Å². The summed E-state index contributed by atoms with van der Waals surface area (Å²) in [6.45, 7) is 9.60. The van der Waals surface area contributed by atoms with Crippen LogP contribution >= 0.6 is 0 Å². The van der Waals surface area contributed by atoms with Gasteiger partial charge >= 0.3 is 0 Å². The first-order valence-corrected chi connectivity index (χ1v) is 6.67. The van der Waals surface area contributed by atoms with Crippen molar-refractivity contribution in [1.82, 2.24) is 4.72 Å². The molecule has 0 spiro atoms. The molecule has 1 heterocycles. The van der Waals surface area contributed by atoms with Crippen molar-refractivity contribution in [3.8, 4) is 0 Å². The van der Waals surface area contributed by atoms with Gasteiger partial charge in [-0.3, -0.25) is 0 Å². The van der Waals surface area contributed by atoms with Crippen molar-refractivity contribution in [2.75, 3.05) is 6.61 Å². The topological polar surface area (TPSA) is 58.7 Å². The third-order valence-corrected chi connectivity index (χ3v) is 4.79. The zero-order chi connectivity index (χ0) is 11.9. The Morgan fingerprint density at radius 3 is 2.07 bits per heavy atom. The van der Waals surface area contributed by atoms with E-state index >= 15 is 0 Å². The first-order valence-electron chi connectivity index (χ1n) is 5.19. The number of ether oxygens (including phenoxy) is 1. The molecule has 0 amide bonds. The molecule has 1 rings (SSSR count). The van der Waals surface area contributed by atoms with E-state index in [1.165, 1.54) is 0 Å². The van der Waals surface area contributed by atoms with Crippen LogP contribution in [0.4, 0.5) is 0 Å². The predicted octanol–water partition coefficient (Wildman–Crippen LogP) is 1.27. The Morgan fingerprint density at radius 1 is 1.27 bits per heavy atom. The molecule has 1 saturated heterocycles. The van der Waals surface area contributed by atoms with E-state index < -0.39 is 20.3 Å². The van der Waals surface area contributed by atoms with Crippen molar-refractivity contribution in [2.24, 2.45) is 0 Å². The Balaban J connectivity index is 2.66. The van der Waals surface area contributed by atoms with E-state index in [9.17, 15) is 8.42 Å². The van der Waals surface area contributed by atoms with Crippen molar-refractivity contribution in [1.29, 1.82) is 0 Å². The minimum atomic E-state index is -3.28. The summed E-state index contributed by atoms with van der Waals surface area (Å²) in [6, 6.07) is 0. The van der Waals surface area contributed by atoms with Crippen LogP contribution in [-0.2, 0) is 14.8 Å². The first kappa shape index (κ1) is 12.9. The summed E-state index contributed by atoms with van der Waals surface area (Å²) in [6.07, 6.45) is 0.949. The summed E-state index contributed by atoms with van der Waals surface area (Å²) in [7, 11) is -3.28. The minimum absolute atomic E-state index is 0.225. The molecule has 1 aliphatic heterocycles. The number of rotatable bonds is 4. The van der Waals surface area contributed by atoms with Gasteiger partial charge in [0.1, 0.15) is 0 Å². The molecule has 90 valence electrons. The highest BCUT2D eigenvalue weighted by molar-refractivity contribution is 7.90. The molecule has 15 heavy (non-hydrogen) atoms. The molecule has 0 aliphatic carbocycles. The molecule has 0 radical (unpaired) electrons. The van der Waals surface area contributed by atoms with Crippen LogP contribution in [-0.4, -0.2) is 31.4 Å². The molecule has 1 atom stereocenters. The fraction of sp³-hybridized carbons (Fsp3) is 1.00. The van der Waals surface area contributed by atoms with Gasteiger partial charge in [-0.2, -0.15) is 0 Å². The van der Waals surface area contributed by atoms with Crippen LogP contribution < -0.4 is 4.72 Å². The number of epoxide rings is 1. The van der Waals surface area contributed by atoms with Gasteiger partial charge in [0.2, 0.25) is 10.0 Å².